The van der Waals surface area contributed by atoms with Gasteiger partial charge in [0.2, 0.25) is 0 Å². The van der Waals surface area contributed by atoms with Crippen LogP contribution in [0.1, 0.15) is 46.5 Å². The first-order valence-electron chi connectivity index (χ1n) is 7.14. The SMILES string of the molecule is CC(C)(C)OC(=O)NC1CCN(CC2CC2)CC1. The van der Waals surface area contributed by atoms with Crippen LogP contribution in [-0.2, 0) is 4.74 Å². The molecule has 1 amide bonds. The molecule has 0 unspecified atom stereocenters. The lowest BCUT2D eigenvalue weighted by molar-refractivity contribution is 0.0478. The molecule has 0 atom stereocenters. The van der Waals surface area contributed by atoms with Crippen LogP contribution in [0, 0.1) is 5.92 Å². The molecule has 2 fully saturated rings. The Balaban J connectivity index is 1.64. The summed E-state index contributed by atoms with van der Waals surface area (Å²) in [5.74, 6) is 0.959. The third-order valence-electron chi connectivity index (χ3n) is 3.52. The Labute approximate surface area is 110 Å². The third-order valence-corrected chi connectivity index (χ3v) is 3.52. The summed E-state index contributed by atoms with van der Waals surface area (Å²) in [4.78, 5) is 14.2. The highest BCUT2D eigenvalue weighted by molar-refractivity contribution is 5.68. The topological polar surface area (TPSA) is 41.6 Å². The zero-order valence-electron chi connectivity index (χ0n) is 11.9. The molecular formula is C14H26N2O2. The molecule has 0 radical (unpaired) electrons. The largest absolute Gasteiger partial charge is 0.444 e. The van der Waals surface area contributed by atoms with Gasteiger partial charge in [0.15, 0.2) is 0 Å². The van der Waals surface area contributed by atoms with Gasteiger partial charge in [-0.1, -0.05) is 0 Å². The number of likely N-dealkylation sites (tertiary alicyclic amines) is 1. The number of amides is 1. The minimum absolute atomic E-state index is 0.275. The monoisotopic (exact) mass is 254 g/mol. The average molecular weight is 254 g/mol. The van der Waals surface area contributed by atoms with Gasteiger partial charge >= 0.3 is 6.09 Å². The fraction of sp³-hybridized carbons (Fsp3) is 0.929. The van der Waals surface area contributed by atoms with Crippen molar-refractivity contribution in [2.24, 2.45) is 5.92 Å². The molecule has 2 aliphatic rings. The van der Waals surface area contributed by atoms with Crippen molar-refractivity contribution < 1.29 is 9.53 Å². The molecule has 0 bridgehead atoms. The molecule has 1 saturated heterocycles. The molecule has 2 rings (SSSR count). The predicted octanol–water partition coefficient (Wildman–Crippen LogP) is 2.39. The van der Waals surface area contributed by atoms with Crippen molar-refractivity contribution in [1.82, 2.24) is 10.2 Å². The maximum Gasteiger partial charge on any atom is 0.407 e. The lowest BCUT2D eigenvalue weighted by Gasteiger charge is -2.32. The van der Waals surface area contributed by atoms with E-state index in [1.165, 1.54) is 19.4 Å². The number of carbonyl (C=O) groups is 1. The molecule has 0 aromatic carbocycles. The number of rotatable bonds is 3. The van der Waals surface area contributed by atoms with E-state index in [0.717, 1.165) is 31.8 Å². The number of piperidine rings is 1. The van der Waals surface area contributed by atoms with Crippen molar-refractivity contribution in [3.63, 3.8) is 0 Å². The Hall–Kier alpha value is -0.770. The molecule has 18 heavy (non-hydrogen) atoms. The molecule has 1 heterocycles. The molecule has 0 aromatic rings. The average Bonchev–Trinajstić information content (AvgIpc) is 3.02. The predicted molar refractivity (Wildman–Crippen MR) is 71.6 cm³/mol. The number of alkyl carbamates (subject to hydrolysis) is 1. The zero-order valence-corrected chi connectivity index (χ0v) is 11.9. The minimum Gasteiger partial charge on any atom is -0.444 e. The van der Waals surface area contributed by atoms with Crippen LogP contribution < -0.4 is 5.32 Å². The molecule has 1 saturated carbocycles. The van der Waals surface area contributed by atoms with Gasteiger partial charge in [-0.05, 0) is 52.4 Å². The van der Waals surface area contributed by atoms with Crippen molar-refractivity contribution in [3.05, 3.63) is 0 Å². The summed E-state index contributed by atoms with van der Waals surface area (Å²) in [6.45, 7) is 9.16. The van der Waals surface area contributed by atoms with Gasteiger partial charge in [-0.25, -0.2) is 4.79 Å². The zero-order chi connectivity index (χ0) is 13.2. The lowest BCUT2D eigenvalue weighted by Crippen LogP contribution is -2.46. The number of carbonyl (C=O) groups excluding carboxylic acids is 1. The summed E-state index contributed by atoms with van der Waals surface area (Å²) >= 11 is 0. The van der Waals surface area contributed by atoms with E-state index in [0.29, 0.717) is 0 Å². The summed E-state index contributed by atoms with van der Waals surface area (Å²) in [7, 11) is 0. The molecular weight excluding hydrogens is 228 g/mol. The number of hydrogen-bond donors (Lipinski definition) is 1. The van der Waals surface area contributed by atoms with Gasteiger partial charge in [-0.2, -0.15) is 0 Å². The van der Waals surface area contributed by atoms with Gasteiger partial charge in [0.25, 0.3) is 0 Å². The lowest BCUT2D eigenvalue weighted by atomic mass is 10.1. The first-order valence-corrected chi connectivity index (χ1v) is 7.14. The van der Waals surface area contributed by atoms with Crippen LogP contribution in [0.15, 0.2) is 0 Å². The summed E-state index contributed by atoms with van der Waals surface area (Å²) in [6.07, 6.45) is 4.65. The second kappa shape index (κ2) is 5.47. The molecule has 1 N–H and O–H groups in total. The number of hydrogen-bond acceptors (Lipinski definition) is 3. The molecule has 1 aliphatic carbocycles. The standard InChI is InChI=1S/C14H26N2O2/c1-14(2,3)18-13(17)15-12-6-8-16(9-7-12)10-11-4-5-11/h11-12H,4-10H2,1-3H3,(H,15,17). The van der Waals surface area contributed by atoms with Crippen LogP contribution in [-0.4, -0.2) is 42.3 Å². The highest BCUT2D eigenvalue weighted by Gasteiger charge is 2.28. The Kier molecular flexibility index (Phi) is 4.15. The summed E-state index contributed by atoms with van der Waals surface area (Å²) < 4.78 is 5.28. The van der Waals surface area contributed by atoms with E-state index in [2.05, 4.69) is 10.2 Å². The van der Waals surface area contributed by atoms with Crippen molar-refractivity contribution in [1.29, 1.82) is 0 Å². The van der Waals surface area contributed by atoms with Crippen LogP contribution in [0.25, 0.3) is 0 Å². The Morgan fingerprint density at radius 3 is 2.33 bits per heavy atom. The van der Waals surface area contributed by atoms with Gasteiger partial charge in [0.1, 0.15) is 5.60 Å². The number of ether oxygens (including phenoxy) is 1. The Morgan fingerprint density at radius 1 is 1.22 bits per heavy atom. The second-order valence-electron chi connectivity index (χ2n) is 6.66. The molecule has 0 spiro atoms. The van der Waals surface area contributed by atoms with Gasteiger partial charge in [-0.15, -0.1) is 0 Å². The van der Waals surface area contributed by atoms with Crippen molar-refractivity contribution in [3.8, 4) is 0 Å². The highest BCUT2D eigenvalue weighted by Crippen LogP contribution is 2.30. The normalized spacial score (nSPS) is 22.8. The number of nitrogens with one attached hydrogen (secondary N) is 1. The fourth-order valence-corrected chi connectivity index (χ4v) is 2.40. The smallest absolute Gasteiger partial charge is 0.407 e. The maximum atomic E-state index is 11.6. The molecule has 104 valence electrons. The van der Waals surface area contributed by atoms with Crippen molar-refractivity contribution in [2.45, 2.75) is 58.1 Å². The van der Waals surface area contributed by atoms with E-state index in [9.17, 15) is 4.79 Å². The van der Waals surface area contributed by atoms with E-state index in [1.807, 2.05) is 20.8 Å². The van der Waals surface area contributed by atoms with E-state index < -0.39 is 5.60 Å². The molecule has 0 aromatic heterocycles. The highest BCUT2D eigenvalue weighted by atomic mass is 16.6. The first-order chi connectivity index (χ1) is 8.42. The van der Waals surface area contributed by atoms with Crippen LogP contribution >= 0.6 is 0 Å². The maximum absolute atomic E-state index is 11.6. The molecule has 4 nitrogen and oxygen atoms in total. The van der Waals surface area contributed by atoms with Gasteiger partial charge in [-0.3, -0.25) is 0 Å². The van der Waals surface area contributed by atoms with Crippen LogP contribution in [0.3, 0.4) is 0 Å². The number of nitrogens with zero attached hydrogens (tertiary/aromatic N) is 1. The second-order valence-corrected chi connectivity index (χ2v) is 6.66. The molecule has 1 aliphatic heterocycles. The van der Waals surface area contributed by atoms with Crippen molar-refractivity contribution >= 4 is 6.09 Å². The Morgan fingerprint density at radius 2 is 1.83 bits per heavy atom. The van der Waals surface area contributed by atoms with E-state index in [4.69, 9.17) is 4.74 Å². The Bertz CT molecular complexity index is 287. The van der Waals surface area contributed by atoms with Crippen LogP contribution in [0.4, 0.5) is 4.79 Å². The van der Waals surface area contributed by atoms with Gasteiger partial charge in [0, 0.05) is 25.7 Å². The summed E-state index contributed by atoms with van der Waals surface area (Å²) in [5, 5.41) is 2.98. The molecule has 4 heteroatoms. The third kappa shape index (κ3) is 4.84. The summed E-state index contributed by atoms with van der Waals surface area (Å²) in [6, 6.07) is 0.287. The van der Waals surface area contributed by atoms with E-state index in [1.54, 1.807) is 0 Å². The quantitative estimate of drug-likeness (QED) is 0.841. The summed E-state index contributed by atoms with van der Waals surface area (Å²) in [5.41, 5.74) is -0.406. The van der Waals surface area contributed by atoms with E-state index >= 15 is 0 Å². The van der Waals surface area contributed by atoms with Crippen LogP contribution in [0.5, 0.6) is 0 Å². The van der Waals surface area contributed by atoms with Gasteiger partial charge in [0.05, 0.1) is 0 Å². The van der Waals surface area contributed by atoms with Gasteiger partial charge < -0.3 is 15.0 Å². The van der Waals surface area contributed by atoms with Crippen LogP contribution in [0.2, 0.25) is 0 Å². The first kappa shape index (κ1) is 13.7. The minimum atomic E-state index is -0.406. The fourth-order valence-electron chi connectivity index (χ4n) is 2.40. The van der Waals surface area contributed by atoms with Crippen molar-refractivity contribution in [2.75, 3.05) is 19.6 Å². The van der Waals surface area contributed by atoms with E-state index in [-0.39, 0.29) is 12.1 Å².